The fourth-order valence-electron chi connectivity index (χ4n) is 2.38. The first-order valence-corrected chi connectivity index (χ1v) is 8.38. The molecular formula is C18H12F3N3OS. The van der Waals surface area contributed by atoms with Crippen molar-refractivity contribution in [3.05, 3.63) is 65.4 Å². The van der Waals surface area contributed by atoms with Gasteiger partial charge in [-0.2, -0.15) is 5.26 Å². The Bertz CT molecular complexity index is 999. The molecule has 0 spiro atoms. The molecule has 1 aromatic heterocycles. The van der Waals surface area contributed by atoms with Gasteiger partial charge in [0.25, 0.3) is 0 Å². The van der Waals surface area contributed by atoms with Crippen molar-refractivity contribution in [2.24, 2.45) is 0 Å². The number of aromatic nitrogens is 2. The number of para-hydroxylation sites is 2. The number of nitrogens with zero attached hydrogens (tertiary/aromatic N) is 2. The van der Waals surface area contributed by atoms with Crippen LogP contribution in [0.2, 0.25) is 0 Å². The number of halogens is 3. The highest BCUT2D eigenvalue weighted by molar-refractivity contribution is 8.00. The maximum Gasteiger partial charge on any atom is 0.152 e. The fourth-order valence-corrected chi connectivity index (χ4v) is 3.31. The lowest BCUT2D eigenvalue weighted by Gasteiger charge is -2.13. The van der Waals surface area contributed by atoms with Crippen LogP contribution in [0.15, 0.2) is 47.1 Å². The Balaban J connectivity index is 1.96. The summed E-state index contributed by atoms with van der Waals surface area (Å²) in [7, 11) is 0. The van der Waals surface area contributed by atoms with Gasteiger partial charge in [-0.25, -0.2) is 18.2 Å². The first-order valence-electron chi connectivity index (χ1n) is 7.50. The molecule has 0 bridgehead atoms. The van der Waals surface area contributed by atoms with E-state index in [1.54, 1.807) is 24.3 Å². The molecule has 3 aromatic rings. The third kappa shape index (κ3) is 3.39. The van der Waals surface area contributed by atoms with E-state index in [4.69, 9.17) is 0 Å². The average molecular weight is 375 g/mol. The van der Waals surface area contributed by atoms with E-state index in [0.717, 1.165) is 0 Å². The Hall–Kier alpha value is -2.92. The number of aliphatic hydroxyl groups excluding tert-OH is 1. The van der Waals surface area contributed by atoms with Crippen LogP contribution in [0.5, 0.6) is 0 Å². The molecule has 4 nitrogen and oxygen atoms in total. The predicted molar refractivity (Wildman–Crippen MR) is 92.9 cm³/mol. The van der Waals surface area contributed by atoms with Crippen molar-refractivity contribution >= 4 is 28.4 Å². The minimum atomic E-state index is -1.07. The summed E-state index contributed by atoms with van der Waals surface area (Å²) in [6.45, 7) is 1.47. The molecule has 0 amide bonds. The van der Waals surface area contributed by atoms with Crippen LogP contribution < -0.4 is 0 Å². The largest absolute Gasteiger partial charge is 0.510 e. The van der Waals surface area contributed by atoms with E-state index in [-0.39, 0.29) is 17.2 Å². The summed E-state index contributed by atoms with van der Waals surface area (Å²) in [6.07, 6.45) is 0. The molecule has 2 N–H and O–H groups in total. The summed E-state index contributed by atoms with van der Waals surface area (Å²) in [5.74, 6) is -3.42. The number of H-pyrrole nitrogens is 1. The first kappa shape index (κ1) is 17.9. The van der Waals surface area contributed by atoms with E-state index in [2.05, 4.69) is 9.97 Å². The smallest absolute Gasteiger partial charge is 0.152 e. The molecular weight excluding hydrogens is 363 g/mol. The van der Waals surface area contributed by atoms with Crippen LogP contribution in [0.3, 0.4) is 0 Å². The van der Waals surface area contributed by atoms with E-state index < -0.39 is 27.6 Å². The highest BCUT2D eigenvalue weighted by Gasteiger charge is 2.22. The van der Waals surface area contributed by atoms with Crippen LogP contribution in [0.4, 0.5) is 13.2 Å². The Morgan fingerprint density at radius 3 is 2.50 bits per heavy atom. The number of nitrogens with one attached hydrogen (secondary N) is 1. The zero-order chi connectivity index (χ0) is 18.8. The Kier molecular flexibility index (Phi) is 4.91. The van der Waals surface area contributed by atoms with E-state index in [1.165, 1.54) is 6.92 Å². The number of hydrogen-bond donors (Lipinski definition) is 2. The molecule has 0 aliphatic heterocycles. The van der Waals surface area contributed by atoms with Crippen LogP contribution in [0.25, 0.3) is 16.6 Å². The minimum absolute atomic E-state index is 0.135. The van der Waals surface area contributed by atoms with Crippen molar-refractivity contribution < 1.29 is 18.3 Å². The van der Waals surface area contributed by atoms with Gasteiger partial charge in [0.2, 0.25) is 0 Å². The number of fused-ring (bicyclic) bond motifs is 1. The third-order valence-electron chi connectivity index (χ3n) is 3.64. The van der Waals surface area contributed by atoms with E-state index in [0.29, 0.717) is 34.9 Å². The number of allylic oxidation sites excluding steroid dienone is 1. The lowest BCUT2D eigenvalue weighted by atomic mass is 10.2. The highest BCUT2D eigenvalue weighted by atomic mass is 32.2. The quantitative estimate of drug-likeness (QED) is 0.384. The van der Waals surface area contributed by atoms with Crippen LogP contribution in [0.1, 0.15) is 12.7 Å². The topological polar surface area (TPSA) is 72.7 Å². The molecule has 0 fully saturated rings. The number of rotatable bonds is 4. The van der Waals surface area contributed by atoms with Gasteiger partial charge in [-0.1, -0.05) is 12.1 Å². The van der Waals surface area contributed by atoms with Crippen molar-refractivity contribution in [3.8, 4) is 6.07 Å². The van der Waals surface area contributed by atoms with Gasteiger partial charge in [0.1, 0.15) is 34.9 Å². The molecule has 132 valence electrons. The molecule has 8 heteroatoms. The van der Waals surface area contributed by atoms with Crippen LogP contribution in [0, 0.1) is 28.8 Å². The van der Waals surface area contributed by atoms with Gasteiger partial charge in [0, 0.05) is 12.1 Å². The second kappa shape index (κ2) is 7.14. The van der Waals surface area contributed by atoms with Crippen LogP contribution in [-0.4, -0.2) is 20.3 Å². The summed E-state index contributed by atoms with van der Waals surface area (Å²) in [5, 5.41) is 18.9. The molecule has 0 saturated carbocycles. The predicted octanol–water partition coefficient (Wildman–Crippen LogP) is 4.95. The second-order valence-electron chi connectivity index (χ2n) is 5.43. The number of aromatic amines is 1. The summed E-state index contributed by atoms with van der Waals surface area (Å²) < 4.78 is 40.6. The number of imidazole rings is 1. The normalized spacial score (nSPS) is 13.3. The lowest BCUT2D eigenvalue weighted by molar-refractivity contribution is 0.401. The van der Waals surface area contributed by atoms with Crippen molar-refractivity contribution in [1.29, 1.82) is 5.26 Å². The third-order valence-corrected chi connectivity index (χ3v) is 4.84. The van der Waals surface area contributed by atoms with Gasteiger partial charge in [-0.3, -0.25) is 0 Å². The Morgan fingerprint density at radius 2 is 1.88 bits per heavy atom. The summed E-state index contributed by atoms with van der Waals surface area (Å²) in [4.78, 5) is 6.72. The standard InChI is InChI=1S/C18H12F3N3OS/c1-9(26-17-12(20)6-10(19)7-13(17)21)16(25)11(8-22)18-23-14-4-2-3-5-15(14)24-18/h2-7,9,25H,1H3,(H,23,24). The molecule has 1 heterocycles. The molecule has 0 saturated heterocycles. The number of nitriles is 1. The maximum absolute atomic E-state index is 13.8. The Labute approximate surface area is 151 Å². The van der Waals surface area contributed by atoms with E-state index in [1.807, 2.05) is 6.07 Å². The van der Waals surface area contributed by atoms with E-state index >= 15 is 0 Å². The summed E-state index contributed by atoms with van der Waals surface area (Å²) in [6, 6.07) is 10.0. The van der Waals surface area contributed by atoms with Gasteiger partial charge in [-0.05, 0) is 19.1 Å². The van der Waals surface area contributed by atoms with Crippen molar-refractivity contribution in [2.45, 2.75) is 17.1 Å². The van der Waals surface area contributed by atoms with Gasteiger partial charge in [0.05, 0.1) is 21.2 Å². The fraction of sp³-hybridized carbons (Fsp3) is 0.111. The minimum Gasteiger partial charge on any atom is -0.510 e. The maximum atomic E-state index is 13.8. The first-order chi connectivity index (χ1) is 12.4. The van der Waals surface area contributed by atoms with Crippen molar-refractivity contribution in [2.75, 3.05) is 0 Å². The molecule has 1 unspecified atom stereocenters. The lowest BCUT2D eigenvalue weighted by Crippen LogP contribution is -2.06. The van der Waals surface area contributed by atoms with Gasteiger partial charge < -0.3 is 10.1 Å². The van der Waals surface area contributed by atoms with Gasteiger partial charge in [-0.15, -0.1) is 11.8 Å². The summed E-state index contributed by atoms with van der Waals surface area (Å²) >= 11 is 0.642. The summed E-state index contributed by atoms with van der Waals surface area (Å²) in [5.41, 5.74) is 1.15. The molecule has 2 aromatic carbocycles. The highest BCUT2D eigenvalue weighted by Crippen LogP contribution is 2.34. The molecule has 3 rings (SSSR count). The van der Waals surface area contributed by atoms with Crippen molar-refractivity contribution in [3.63, 3.8) is 0 Å². The molecule has 0 aliphatic carbocycles. The molecule has 26 heavy (non-hydrogen) atoms. The zero-order valence-corrected chi connectivity index (χ0v) is 14.2. The zero-order valence-electron chi connectivity index (χ0n) is 13.4. The van der Waals surface area contributed by atoms with E-state index in [9.17, 15) is 23.5 Å². The number of thioether (sulfide) groups is 1. The van der Waals surface area contributed by atoms with Crippen LogP contribution >= 0.6 is 11.8 Å². The number of benzene rings is 2. The second-order valence-corrected chi connectivity index (χ2v) is 6.78. The van der Waals surface area contributed by atoms with Crippen molar-refractivity contribution in [1.82, 2.24) is 9.97 Å². The Morgan fingerprint density at radius 1 is 1.23 bits per heavy atom. The van der Waals surface area contributed by atoms with Crippen LogP contribution in [-0.2, 0) is 0 Å². The monoisotopic (exact) mass is 375 g/mol. The molecule has 0 aliphatic rings. The molecule has 0 radical (unpaired) electrons. The average Bonchev–Trinajstić information content (AvgIpc) is 3.02. The van der Waals surface area contributed by atoms with Gasteiger partial charge >= 0.3 is 0 Å². The number of hydrogen-bond acceptors (Lipinski definition) is 4. The van der Waals surface area contributed by atoms with Gasteiger partial charge in [0.15, 0.2) is 5.82 Å². The molecule has 1 atom stereocenters. The SMILES string of the molecule is CC(Sc1c(F)cc(F)cc1F)C(O)=C(C#N)c1nc2ccccc2[nH]1. The number of aliphatic hydroxyl groups is 1.